The highest BCUT2D eigenvalue weighted by molar-refractivity contribution is 5.95. The van der Waals surface area contributed by atoms with Gasteiger partial charge in [0.05, 0.1) is 11.8 Å². The van der Waals surface area contributed by atoms with Crippen LogP contribution in [-0.4, -0.2) is 23.6 Å². The maximum atomic E-state index is 14.8. The summed E-state index contributed by atoms with van der Waals surface area (Å²) in [5, 5.41) is 18.9. The molecule has 1 heterocycles. The largest absolute Gasteiger partial charge is 0.464 e. The minimum absolute atomic E-state index is 0.0713. The number of amidine groups is 1. The molecular formula is C22H21F2N3O4. The molecule has 2 aromatic carbocycles. The van der Waals surface area contributed by atoms with E-state index in [9.17, 15) is 13.6 Å². The van der Waals surface area contributed by atoms with Crippen LogP contribution in [0.4, 0.5) is 8.78 Å². The zero-order chi connectivity index (χ0) is 22.4. The summed E-state index contributed by atoms with van der Waals surface area (Å²) in [4.78, 5) is 12.7. The van der Waals surface area contributed by atoms with Crippen molar-refractivity contribution in [2.24, 2.45) is 0 Å². The molecule has 4 N–H and O–H groups in total. The van der Waals surface area contributed by atoms with Crippen molar-refractivity contribution in [2.45, 2.75) is 19.6 Å². The van der Waals surface area contributed by atoms with Crippen molar-refractivity contribution >= 4 is 11.7 Å². The van der Waals surface area contributed by atoms with Crippen LogP contribution in [0.25, 0.3) is 11.3 Å². The predicted octanol–water partition coefficient (Wildman–Crippen LogP) is 3.92. The lowest BCUT2D eigenvalue weighted by Crippen LogP contribution is -2.31. The summed E-state index contributed by atoms with van der Waals surface area (Å²) in [6.45, 7) is 1.77. The first-order valence-electron chi connectivity index (χ1n) is 9.44. The summed E-state index contributed by atoms with van der Waals surface area (Å²) in [5.41, 5.74) is 2.61. The molecular weight excluding hydrogens is 408 g/mol. The van der Waals surface area contributed by atoms with Gasteiger partial charge in [0.25, 0.3) is 5.91 Å². The molecule has 0 saturated heterocycles. The van der Waals surface area contributed by atoms with Gasteiger partial charge in [0.1, 0.15) is 23.2 Å². The Kier molecular flexibility index (Phi) is 7.11. The second kappa shape index (κ2) is 9.96. The molecule has 3 aromatic rings. The molecule has 9 heteroatoms. The molecule has 3 rings (SSSR count). The molecule has 1 aromatic heterocycles. The molecule has 1 atom stereocenters. The molecule has 0 saturated carbocycles. The number of ether oxygens (including phenoxy) is 1. The van der Waals surface area contributed by atoms with E-state index < -0.39 is 29.2 Å². The first kappa shape index (κ1) is 22.1. The summed E-state index contributed by atoms with van der Waals surface area (Å²) < 4.78 is 40.1. The van der Waals surface area contributed by atoms with Crippen molar-refractivity contribution in [2.75, 3.05) is 6.61 Å². The lowest BCUT2D eigenvalue weighted by molar-refractivity contribution is -0.133. The van der Waals surface area contributed by atoms with Gasteiger partial charge in [-0.05, 0) is 36.8 Å². The van der Waals surface area contributed by atoms with E-state index in [1.807, 2.05) is 0 Å². The first-order chi connectivity index (χ1) is 14.9. The zero-order valence-corrected chi connectivity index (χ0v) is 16.6. The van der Waals surface area contributed by atoms with Gasteiger partial charge in [-0.15, -0.1) is 0 Å². The van der Waals surface area contributed by atoms with Crippen molar-refractivity contribution in [1.82, 2.24) is 10.8 Å². The lowest BCUT2D eigenvalue weighted by Gasteiger charge is -2.19. The number of hydroxylamine groups is 1. The van der Waals surface area contributed by atoms with E-state index in [4.69, 9.17) is 19.8 Å². The fraction of sp³-hybridized carbons (Fsp3) is 0.182. The first-order valence-corrected chi connectivity index (χ1v) is 9.44. The minimum Gasteiger partial charge on any atom is -0.464 e. The number of halogens is 2. The number of hydrogen-bond donors (Lipinski definition) is 4. The van der Waals surface area contributed by atoms with Crippen molar-refractivity contribution in [3.63, 3.8) is 0 Å². The Bertz CT molecular complexity index is 1030. The Morgan fingerprint density at radius 1 is 1.19 bits per heavy atom. The molecule has 0 aliphatic rings. The Balaban J connectivity index is 1.77. The third-order valence-corrected chi connectivity index (χ3v) is 4.54. The predicted molar refractivity (Wildman–Crippen MR) is 108 cm³/mol. The number of benzene rings is 2. The number of rotatable bonds is 8. The van der Waals surface area contributed by atoms with Gasteiger partial charge < -0.3 is 14.5 Å². The van der Waals surface area contributed by atoms with Gasteiger partial charge in [0.2, 0.25) is 0 Å². The fourth-order valence-electron chi connectivity index (χ4n) is 3.01. The lowest BCUT2D eigenvalue weighted by atomic mass is 10.0. The second-order valence-electron chi connectivity index (χ2n) is 6.57. The Hall–Kier alpha value is -3.56. The second-order valence-corrected chi connectivity index (χ2v) is 6.57. The van der Waals surface area contributed by atoms with Crippen LogP contribution in [0.1, 0.15) is 29.7 Å². The molecule has 0 spiro atoms. The third-order valence-electron chi connectivity index (χ3n) is 4.54. The van der Waals surface area contributed by atoms with Crippen LogP contribution in [0.5, 0.6) is 0 Å². The molecule has 0 fully saturated rings. The number of carbonyl (C=O) groups excluding carboxylic acids is 1. The SMILES string of the molecule is CCO[C@H](C(=O)NCc1ccc(C(=N)NO)cc1)c1c(F)cc(-c2ccco2)cc1F. The summed E-state index contributed by atoms with van der Waals surface area (Å²) >= 11 is 0. The molecule has 0 aliphatic heterocycles. The van der Waals surface area contributed by atoms with Gasteiger partial charge >= 0.3 is 0 Å². The molecule has 31 heavy (non-hydrogen) atoms. The maximum absolute atomic E-state index is 14.8. The fourth-order valence-corrected chi connectivity index (χ4v) is 3.01. The Morgan fingerprint density at radius 3 is 2.42 bits per heavy atom. The number of hydrogen-bond acceptors (Lipinski definition) is 5. The average molecular weight is 429 g/mol. The monoisotopic (exact) mass is 429 g/mol. The van der Waals surface area contributed by atoms with Gasteiger partial charge in [-0.25, -0.2) is 8.78 Å². The molecule has 1 amide bonds. The van der Waals surface area contributed by atoms with E-state index >= 15 is 0 Å². The van der Waals surface area contributed by atoms with E-state index in [1.165, 1.54) is 6.26 Å². The Labute approximate surface area is 177 Å². The van der Waals surface area contributed by atoms with E-state index in [1.54, 1.807) is 48.8 Å². The topological polar surface area (TPSA) is 108 Å². The molecule has 0 bridgehead atoms. The highest BCUT2D eigenvalue weighted by Gasteiger charge is 2.28. The van der Waals surface area contributed by atoms with Crippen LogP contribution in [0, 0.1) is 17.0 Å². The molecule has 162 valence electrons. The molecule has 7 nitrogen and oxygen atoms in total. The van der Waals surface area contributed by atoms with E-state index in [0.717, 1.165) is 12.1 Å². The quantitative estimate of drug-likeness (QED) is 0.247. The standard InChI is InChI=1S/C22H21F2N3O4/c1-2-30-20(19-16(23)10-15(11-17(19)24)18-4-3-9-31-18)22(28)26-12-13-5-7-14(8-6-13)21(25)27-29/h3-11,20,29H,2,12H2,1H3,(H2,25,27)(H,26,28)/t20-/m0/s1. The van der Waals surface area contributed by atoms with E-state index in [0.29, 0.717) is 16.9 Å². The summed E-state index contributed by atoms with van der Waals surface area (Å²) in [6.07, 6.45) is -0.0766. The number of amides is 1. The number of nitrogens with one attached hydrogen (secondary N) is 3. The van der Waals surface area contributed by atoms with Crippen LogP contribution in [0.15, 0.2) is 59.2 Å². The van der Waals surface area contributed by atoms with Gasteiger partial charge in [0.15, 0.2) is 6.10 Å². The van der Waals surface area contributed by atoms with E-state index in [2.05, 4.69) is 5.32 Å². The molecule has 0 aliphatic carbocycles. The third kappa shape index (κ3) is 5.14. The van der Waals surface area contributed by atoms with Gasteiger partial charge in [0, 0.05) is 24.3 Å². The maximum Gasteiger partial charge on any atom is 0.254 e. The van der Waals surface area contributed by atoms with Crippen LogP contribution in [0.3, 0.4) is 0 Å². The van der Waals surface area contributed by atoms with Crippen LogP contribution < -0.4 is 10.8 Å². The number of furan rings is 1. The van der Waals surface area contributed by atoms with Gasteiger partial charge in [-0.3, -0.25) is 20.9 Å². The van der Waals surface area contributed by atoms with Gasteiger partial charge in [-0.2, -0.15) is 0 Å². The van der Waals surface area contributed by atoms with Crippen molar-refractivity contribution < 1.29 is 27.9 Å². The van der Waals surface area contributed by atoms with Crippen LogP contribution in [-0.2, 0) is 16.1 Å². The highest BCUT2D eigenvalue weighted by Crippen LogP contribution is 2.30. The van der Waals surface area contributed by atoms with Crippen LogP contribution >= 0.6 is 0 Å². The average Bonchev–Trinajstić information content (AvgIpc) is 3.31. The normalized spacial score (nSPS) is 11.7. The van der Waals surface area contributed by atoms with Crippen LogP contribution in [0.2, 0.25) is 0 Å². The summed E-state index contributed by atoms with van der Waals surface area (Å²) in [7, 11) is 0. The molecule has 0 radical (unpaired) electrons. The van der Waals surface area contributed by atoms with E-state index in [-0.39, 0.29) is 24.6 Å². The number of carbonyl (C=O) groups is 1. The van der Waals surface area contributed by atoms with Crippen molar-refractivity contribution in [3.8, 4) is 11.3 Å². The smallest absolute Gasteiger partial charge is 0.254 e. The van der Waals surface area contributed by atoms with Crippen molar-refractivity contribution in [3.05, 3.63) is 83.1 Å². The van der Waals surface area contributed by atoms with Gasteiger partial charge in [-0.1, -0.05) is 24.3 Å². The Morgan fingerprint density at radius 2 is 1.87 bits per heavy atom. The van der Waals surface area contributed by atoms with Crippen molar-refractivity contribution in [1.29, 1.82) is 5.41 Å². The summed E-state index contributed by atoms with van der Waals surface area (Å²) in [5.74, 6) is -2.40. The molecule has 0 unspecified atom stereocenters. The summed E-state index contributed by atoms with van der Waals surface area (Å²) in [6, 6.07) is 11.8. The highest BCUT2D eigenvalue weighted by atomic mass is 19.1. The zero-order valence-electron chi connectivity index (χ0n) is 16.6. The minimum atomic E-state index is -1.47.